The number of carbonyl (C=O) groups excluding carboxylic acids is 1. The maximum absolute atomic E-state index is 12.3. The first-order chi connectivity index (χ1) is 9.43. The molecule has 0 aliphatic rings. The highest BCUT2D eigenvalue weighted by atomic mass is 32.2. The van der Waals surface area contributed by atoms with Crippen LogP contribution in [0.3, 0.4) is 0 Å². The lowest BCUT2D eigenvalue weighted by atomic mass is 10.2. The lowest BCUT2D eigenvalue weighted by molar-refractivity contribution is 0.0600. The Labute approximate surface area is 119 Å². The molecule has 0 aliphatic carbocycles. The van der Waals surface area contributed by atoms with Gasteiger partial charge in [-0.15, -0.1) is 0 Å². The highest BCUT2D eigenvalue weighted by molar-refractivity contribution is 7.89. The number of nitrogens with zero attached hydrogens (tertiary/aromatic N) is 1. The molecule has 1 N–H and O–H groups in total. The number of nitrogens with one attached hydrogen (secondary N) is 1. The summed E-state index contributed by atoms with van der Waals surface area (Å²) in [5, 5.41) is 2.97. The van der Waals surface area contributed by atoms with Crippen molar-refractivity contribution in [3.8, 4) is 0 Å². The van der Waals surface area contributed by atoms with Gasteiger partial charge in [-0.3, -0.25) is 0 Å². The monoisotopic (exact) mass is 300 g/mol. The zero-order valence-corrected chi connectivity index (χ0v) is 12.7. The Morgan fingerprint density at radius 1 is 1.30 bits per heavy atom. The number of sulfonamides is 1. The maximum Gasteiger partial charge on any atom is 0.337 e. The second-order valence-electron chi connectivity index (χ2n) is 4.30. The molecular weight excluding hydrogens is 280 g/mol. The van der Waals surface area contributed by atoms with E-state index in [1.807, 2.05) is 7.05 Å². The molecule has 0 saturated carbocycles. The molecule has 20 heavy (non-hydrogen) atoms. The van der Waals surface area contributed by atoms with Gasteiger partial charge in [0, 0.05) is 13.6 Å². The lowest BCUT2D eigenvalue weighted by Crippen LogP contribution is -2.29. The van der Waals surface area contributed by atoms with Crippen molar-refractivity contribution in [1.29, 1.82) is 0 Å². The van der Waals surface area contributed by atoms with E-state index >= 15 is 0 Å². The summed E-state index contributed by atoms with van der Waals surface area (Å²) in [6, 6.07) is 5.71. The average Bonchev–Trinajstić information content (AvgIpc) is 2.46. The maximum atomic E-state index is 12.3. The van der Waals surface area contributed by atoms with Gasteiger partial charge in [0.1, 0.15) is 0 Å². The molecule has 0 atom stereocenters. The van der Waals surface area contributed by atoms with Crippen LogP contribution >= 0.6 is 0 Å². The molecule has 0 spiro atoms. The zero-order chi connectivity index (χ0) is 15.2. The van der Waals surface area contributed by atoms with Crippen LogP contribution in [0.4, 0.5) is 0 Å². The largest absolute Gasteiger partial charge is 0.465 e. The predicted molar refractivity (Wildman–Crippen MR) is 76.1 cm³/mol. The van der Waals surface area contributed by atoms with Crippen molar-refractivity contribution in [2.45, 2.75) is 11.3 Å². The van der Waals surface area contributed by atoms with Crippen LogP contribution in [0.15, 0.2) is 29.2 Å². The third-order valence-electron chi connectivity index (χ3n) is 2.88. The molecule has 0 bridgehead atoms. The van der Waals surface area contributed by atoms with Gasteiger partial charge in [-0.25, -0.2) is 17.5 Å². The van der Waals surface area contributed by atoms with Gasteiger partial charge in [0.15, 0.2) is 0 Å². The smallest absolute Gasteiger partial charge is 0.337 e. The van der Waals surface area contributed by atoms with Crippen LogP contribution in [0.25, 0.3) is 0 Å². The highest BCUT2D eigenvalue weighted by Gasteiger charge is 2.20. The number of ether oxygens (including phenoxy) is 1. The third kappa shape index (κ3) is 4.03. The van der Waals surface area contributed by atoms with Crippen molar-refractivity contribution < 1.29 is 17.9 Å². The van der Waals surface area contributed by atoms with Crippen LogP contribution in [0.5, 0.6) is 0 Å². The van der Waals surface area contributed by atoms with E-state index in [1.54, 1.807) is 7.05 Å². The van der Waals surface area contributed by atoms with Gasteiger partial charge in [0.2, 0.25) is 10.0 Å². The fourth-order valence-corrected chi connectivity index (χ4v) is 2.87. The van der Waals surface area contributed by atoms with Crippen molar-refractivity contribution in [3.63, 3.8) is 0 Å². The van der Waals surface area contributed by atoms with Gasteiger partial charge in [-0.05, 0) is 44.3 Å². The Morgan fingerprint density at radius 2 is 1.90 bits per heavy atom. The quantitative estimate of drug-likeness (QED) is 0.593. The van der Waals surface area contributed by atoms with Gasteiger partial charge in [0.25, 0.3) is 0 Å². The number of benzene rings is 1. The minimum atomic E-state index is -3.52. The minimum absolute atomic E-state index is 0.164. The fraction of sp³-hybridized carbons (Fsp3) is 0.462. The van der Waals surface area contributed by atoms with E-state index in [1.165, 1.54) is 35.7 Å². The van der Waals surface area contributed by atoms with E-state index in [-0.39, 0.29) is 4.90 Å². The summed E-state index contributed by atoms with van der Waals surface area (Å²) in [4.78, 5) is 11.5. The lowest BCUT2D eigenvalue weighted by Gasteiger charge is -2.17. The normalized spacial score (nSPS) is 11.6. The van der Waals surface area contributed by atoms with Crippen LogP contribution in [0, 0.1) is 0 Å². The van der Waals surface area contributed by atoms with Gasteiger partial charge in [-0.1, -0.05) is 0 Å². The first-order valence-corrected chi connectivity index (χ1v) is 7.66. The van der Waals surface area contributed by atoms with Crippen molar-refractivity contribution >= 4 is 16.0 Å². The number of carbonyl (C=O) groups is 1. The summed E-state index contributed by atoms with van der Waals surface area (Å²) in [7, 11) is 1.13. The summed E-state index contributed by atoms with van der Waals surface area (Å²) >= 11 is 0. The van der Waals surface area contributed by atoms with E-state index < -0.39 is 16.0 Å². The van der Waals surface area contributed by atoms with Crippen LogP contribution in [0.2, 0.25) is 0 Å². The van der Waals surface area contributed by atoms with Gasteiger partial charge >= 0.3 is 5.97 Å². The molecule has 1 rings (SSSR count). The minimum Gasteiger partial charge on any atom is -0.465 e. The number of hydrogen-bond donors (Lipinski definition) is 1. The Kier molecular flexibility index (Phi) is 6.12. The molecule has 0 heterocycles. The molecule has 112 valence electrons. The van der Waals surface area contributed by atoms with E-state index in [4.69, 9.17) is 0 Å². The molecule has 7 heteroatoms. The van der Waals surface area contributed by atoms with E-state index in [9.17, 15) is 13.2 Å². The molecule has 0 aromatic heterocycles. The molecular formula is C13H20N2O4S. The highest BCUT2D eigenvalue weighted by Crippen LogP contribution is 2.15. The van der Waals surface area contributed by atoms with Gasteiger partial charge < -0.3 is 10.1 Å². The number of methoxy groups -OCH3 is 1. The van der Waals surface area contributed by atoms with Crippen molar-refractivity contribution in [2.75, 3.05) is 34.3 Å². The van der Waals surface area contributed by atoms with Crippen LogP contribution in [-0.2, 0) is 14.8 Å². The van der Waals surface area contributed by atoms with Crippen molar-refractivity contribution in [1.82, 2.24) is 9.62 Å². The molecule has 6 nitrogen and oxygen atoms in total. The Balaban J connectivity index is 2.84. The Bertz CT molecular complexity index is 540. The topological polar surface area (TPSA) is 75.7 Å². The molecule has 0 amide bonds. The molecule has 0 fully saturated rings. The van der Waals surface area contributed by atoms with E-state index in [2.05, 4.69) is 10.1 Å². The van der Waals surface area contributed by atoms with Crippen molar-refractivity contribution in [2.24, 2.45) is 0 Å². The average molecular weight is 300 g/mol. The fourth-order valence-electron chi connectivity index (χ4n) is 1.66. The first-order valence-electron chi connectivity index (χ1n) is 6.22. The molecule has 0 aliphatic heterocycles. The van der Waals surface area contributed by atoms with Crippen LogP contribution in [-0.4, -0.2) is 53.0 Å². The Hall–Kier alpha value is -1.44. The zero-order valence-electron chi connectivity index (χ0n) is 11.9. The molecule has 0 saturated heterocycles. The second-order valence-corrected chi connectivity index (χ2v) is 6.34. The summed E-state index contributed by atoms with van der Waals surface area (Å²) in [6.07, 6.45) is 0.729. The van der Waals surface area contributed by atoms with Gasteiger partial charge in [-0.2, -0.15) is 0 Å². The Morgan fingerprint density at radius 3 is 2.40 bits per heavy atom. The number of rotatable bonds is 7. The summed E-state index contributed by atoms with van der Waals surface area (Å²) in [5.41, 5.74) is 0.323. The third-order valence-corrected chi connectivity index (χ3v) is 4.75. The van der Waals surface area contributed by atoms with E-state index in [0.29, 0.717) is 12.1 Å². The van der Waals surface area contributed by atoms with Crippen LogP contribution < -0.4 is 5.32 Å². The van der Waals surface area contributed by atoms with E-state index in [0.717, 1.165) is 13.0 Å². The van der Waals surface area contributed by atoms with Gasteiger partial charge in [0.05, 0.1) is 17.6 Å². The van der Waals surface area contributed by atoms with Crippen LogP contribution in [0.1, 0.15) is 16.8 Å². The summed E-state index contributed by atoms with van der Waals surface area (Å²) < 4.78 is 30.4. The standard InChI is InChI=1S/C13H20N2O4S/c1-14-9-4-10-15(2)20(17,18)12-7-5-11(6-8-12)13(16)19-3/h5-8,14H,4,9-10H2,1-3H3. The summed E-state index contributed by atoms with van der Waals surface area (Å²) in [5.74, 6) is -0.490. The van der Waals surface area contributed by atoms with Crippen molar-refractivity contribution in [3.05, 3.63) is 29.8 Å². The molecule has 1 aromatic rings. The number of hydrogen-bond acceptors (Lipinski definition) is 5. The molecule has 1 aromatic carbocycles. The molecule has 0 radical (unpaired) electrons. The second kappa shape index (κ2) is 7.37. The first kappa shape index (κ1) is 16.6. The predicted octanol–water partition coefficient (Wildman–Crippen LogP) is 0.703. The molecule has 0 unspecified atom stereocenters. The number of esters is 1. The summed E-state index contributed by atoms with van der Waals surface area (Å²) in [6.45, 7) is 1.18. The SMILES string of the molecule is CNCCCN(C)S(=O)(=O)c1ccc(C(=O)OC)cc1.